The minimum Gasteiger partial charge on any atom is -0.370 e. The third kappa shape index (κ3) is 5.07. The molecule has 0 aliphatic carbocycles. The number of amides is 1. The lowest BCUT2D eigenvalue weighted by Gasteiger charge is -2.26. The first-order valence-corrected chi connectivity index (χ1v) is 8.09. The van der Waals surface area contributed by atoms with Crippen molar-refractivity contribution in [2.75, 3.05) is 23.3 Å². The fraction of sp³-hybridized carbons (Fsp3) is 0.611. The zero-order valence-corrected chi connectivity index (χ0v) is 13.6. The van der Waals surface area contributed by atoms with Gasteiger partial charge in [-0.25, -0.2) is 0 Å². The Morgan fingerprint density at radius 3 is 2.33 bits per heavy atom. The minimum absolute atomic E-state index is 0.0155. The van der Waals surface area contributed by atoms with Crippen LogP contribution in [0.1, 0.15) is 52.9 Å². The molecule has 1 aromatic carbocycles. The van der Waals surface area contributed by atoms with Crippen LogP contribution in [0.5, 0.6) is 0 Å². The van der Waals surface area contributed by atoms with E-state index in [9.17, 15) is 4.79 Å². The predicted octanol–water partition coefficient (Wildman–Crippen LogP) is 4.44. The van der Waals surface area contributed by atoms with Crippen molar-refractivity contribution >= 4 is 17.3 Å². The number of para-hydroxylation sites is 2. The standard InChI is InChI=1S/C18H28N2O/c1-18(2,3)14-17(21)19-15-10-6-7-11-16(15)20-12-8-4-5-9-13-20/h6-7,10-11H,4-5,8-9,12-14H2,1-3H3,(H,19,21). The van der Waals surface area contributed by atoms with Crippen LogP contribution in [0.3, 0.4) is 0 Å². The van der Waals surface area contributed by atoms with Gasteiger partial charge in [0, 0.05) is 19.5 Å². The van der Waals surface area contributed by atoms with Gasteiger partial charge in [0.1, 0.15) is 0 Å². The van der Waals surface area contributed by atoms with E-state index < -0.39 is 0 Å². The van der Waals surface area contributed by atoms with Crippen molar-refractivity contribution in [3.8, 4) is 0 Å². The number of anilines is 2. The molecular formula is C18H28N2O. The summed E-state index contributed by atoms with van der Waals surface area (Å²) in [5.74, 6) is 0.102. The molecule has 116 valence electrons. The quantitative estimate of drug-likeness (QED) is 0.891. The maximum absolute atomic E-state index is 12.2. The lowest BCUT2D eigenvalue weighted by Crippen LogP contribution is -2.26. The van der Waals surface area contributed by atoms with Gasteiger partial charge in [-0.1, -0.05) is 45.7 Å². The number of carbonyl (C=O) groups is 1. The van der Waals surface area contributed by atoms with E-state index in [1.807, 2.05) is 12.1 Å². The third-order valence-corrected chi connectivity index (χ3v) is 3.82. The summed E-state index contributed by atoms with van der Waals surface area (Å²) in [4.78, 5) is 14.6. The molecule has 0 radical (unpaired) electrons. The maximum Gasteiger partial charge on any atom is 0.224 e. The van der Waals surface area contributed by atoms with Gasteiger partial charge in [-0.2, -0.15) is 0 Å². The Bertz CT molecular complexity index is 468. The first-order chi connectivity index (χ1) is 9.96. The SMILES string of the molecule is CC(C)(C)CC(=O)Nc1ccccc1N1CCCCCC1. The summed E-state index contributed by atoms with van der Waals surface area (Å²) in [7, 11) is 0. The molecule has 1 fully saturated rings. The second-order valence-electron chi connectivity index (χ2n) is 7.20. The van der Waals surface area contributed by atoms with Crippen LogP contribution in [0.4, 0.5) is 11.4 Å². The highest BCUT2D eigenvalue weighted by atomic mass is 16.1. The Hall–Kier alpha value is -1.51. The van der Waals surface area contributed by atoms with Crippen LogP contribution in [0.25, 0.3) is 0 Å². The van der Waals surface area contributed by atoms with Gasteiger partial charge in [-0.15, -0.1) is 0 Å². The monoisotopic (exact) mass is 288 g/mol. The van der Waals surface area contributed by atoms with E-state index in [-0.39, 0.29) is 11.3 Å². The van der Waals surface area contributed by atoms with Crippen LogP contribution in [0, 0.1) is 5.41 Å². The second kappa shape index (κ2) is 6.97. The highest BCUT2D eigenvalue weighted by Crippen LogP contribution is 2.29. The smallest absolute Gasteiger partial charge is 0.224 e. The van der Waals surface area contributed by atoms with Gasteiger partial charge < -0.3 is 10.2 Å². The number of hydrogen-bond donors (Lipinski definition) is 1. The first-order valence-electron chi connectivity index (χ1n) is 8.09. The molecule has 0 unspecified atom stereocenters. The molecule has 1 aromatic rings. The van der Waals surface area contributed by atoms with E-state index in [0.717, 1.165) is 18.8 Å². The summed E-state index contributed by atoms with van der Waals surface area (Å²) in [5.41, 5.74) is 2.14. The normalized spacial score (nSPS) is 16.4. The van der Waals surface area contributed by atoms with Gasteiger partial charge >= 0.3 is 0 Å². The zero-order valence-electron chi connectivity index (χ0n) is 13.6. The van der Waals surface area contributed by atoms with Crippen molar-refractivity contribution in [3.63, 3.8) is 0 Å². The van der Waals surface area contributed by atoms with Gasteiger partial charge in [-0.05, 0) is 30.4 Å². The molecule has 1 aliphatic rings. The van der Waals surface area contributed by atoms with Gasteiger partial charge in [0.2, 0.25) is 5.91 Å². The minimum atomic E-state index is 0.0155. The second-order valence-corrected chi connectivity index (χ2v) is 7.20. The molecule has 1 amide bonds. The zero-order chi connectivity index (χ0) is 15.3. The Labute approximate surface area is 128 Å². The Kier molecular flexibility index (Phi) is 5.27. The van der Waals surface area contributed by atoms with Crippen LogP contribution in [-0.4, -0.2) is 19.0 Å². The van der Waals surface area contributed by atoms with Crippen LogP contribution in [0.15, 0.2) is 24.3 Å². The molecular weight excluding hydrogens is 260 g/mol. The van der Waals surface area contributed by atoms with Crippen LogP contribution in [0.2, 0.25) is 0 Å². The van der Waals surface area contributed by atoms with Crippen molar-refractivity contribution in [1.82, 2.24) is 0 Å². The Morgan fingerprint density at radius 2 is 1.71 bits per heavy atom. The van der Waals surface area contributed by atoms with Gasteiger partial charge in [0.05, 0.1) is 11.4 Å². The van der Waals surface area contributed by atoms with E-state index in [2.05, 4.69) is 43.1 Å². The fourth-order valence-electron chi connectivity index (χ4n) is 2.84. The first kappa shape index (κ1) is 15.9. The third-order valence-electron chi connectivity index (χ3n) is 3.82. The maximum atomic E-state index is 12.2. The van der Waals surface area contributed by atoms with E-state index in [1.54, 1.807) is 0 Å². The molecule has 3 heteroatoms. The Morgan fingerprint density at radius 1 is 1.10 bits per heavy atom. The number of nitrogens with zero attached hydrogens (tertiary/aromatic N) is 1. The van der Waals surface area contributed by atoms with Crippen molar-refractivity contribution in [2.24, 2.45) is 5.41 Å². The average Bonchev–Trinajstić information content (AvgIpc) is 2.66. The fourth-order valence-corrected chi connectivity index (χ4v) is 2.84. The number of carbonyl (C=O) groups excluding carboxylic acids is 1. The number of hydrogen-bond acceptors (Lipinski definition) is 2. The largest absolute Gasteiger partial charge is 0.370 e. The molecule has 0 spiro atoms. The molecule has 1 N–H and O–H groups in total. The van der Waals surface area contributed by atoms with Gasteiger partial charge in [0.15, 0.2) is 0 Å². The van der Waals surface area contributed by atoms with E-state index in [1.165, 1.54) is 31.4 Å². The van der Waals surface area contributed by atoms with E-state index in [4.69, 9.17) is 0 Å². The summed E-state index contributed by atoms with van der Waals surface area (Å²) >= 11 is 0. The van der Waals surface area contributed by atoms with E-state index >= 15 is 0 Å². The molecule has 0 saturated carbocycles. The number of benzene rings is 1. The molecule has 0 bridgehead atoms. The lowest BCUT2D eigenvalue weighted by atomic mass is 9.92. The van der Waals surface area contributed by atoms with Crippen molar-refractivity contribution in [3.05, 3.63) is 24.3 Å². The molecule has 2 rings (SSSR count). The van der Waals surface area contributed by atoms with Crippen molar-refractivity contribution in [2.45, 2.75) is 52.9 Å². The number of rotatable bonds is 3. The van der Waals surface area contributed by atoms with E-state index in [0.29, 0.717) is 6.42 Å². The highest BCUT2D eigenvalue weighted by molar-refractivity contribution is 5.94. The van der Waals surface area contributed by atoms with Gasteiger partial charge in [-0.3, -0.25) is 4.79 Å². The topological polar surface area (TPSA) is 32.3 Å². The Balaban J connectivity index is 2.11. The van der Waals surface area contributed by atoms with Crippen LogP contribution in [-0.2, 0) is 4.79 Å². The molecule has 21 heavy (non-hydrogen) atoms. The van der Waals surface area contributed by atoms with Crippen LogP contribution < -0.4 is 10.2 Å². The van der Waals surface area contributed by atoms with Crippen molar-refractivity contribution < 1.29 is 4.79 Å². The number of nitrogens with one attached hydrogen (secondary N) is 1. The van der Waals surface area contributed by atoms with Crippen molar-refractivity contribution in [1.29, 1.82) is 0 Å². The predicted molar refractivity (Wildman–Crippen MR) is 89.8 cm³/mol. The molecule has 1 saturated heterocycles. The van der Waals surface area contributed by atoms with Crippen LogP contribution >= 0.6 is 0 Å². The molecule has 1 heterocycles. The highest BCUT2D eigenvalue weighted by Gasteiger charge is 2.18. The molecule has 3 nitrogen and oxygen atoms in total. The average molecular weight is 288 g/mol. The summed E-state index contributed by atoms with van der Waals surface area (Å²) in [6, 6.07) is 8.19. The summed E-state index contributed by atoms with van der Waals surface area (Å²) in [5, 5.41) is 3.10. The molecule has 1 aliphatic heterocycles. The lowest BCUT2D eigenvalue weighted by molar-refractivity contribution is -0.117. The van der Waals surface area contributed by atoms with Gasteiger partial charge in [0.25, 0.3) is 0 Å². The summed E-state index contributed by atoms with van der Waals surface area (Å²) in [6.07, 6.45) is 5.65. The summed E-state index contributed by atoms with van der Waals surface area (Å²) < 4.78 is 0. The summed E-state index contributed by atoms with van der Waals surface area (Å²) in [6.45, 7) is 8.45. The molecule has 0 atom stereocenters. The molecule has 0 aromatic heterocycles.